The number of aromatic nitrogens is 1. The summed E-state index contributed by atoms with van der Waals surface area (Å²) in [5.41, 5.74) is 0.853. The van der Waals surface area contributed by atoms with Gasteiger partial charge in [0.1, 0.15) is 12.2 Å². The summed E-state index contributed by atoms with van der Waals surface area (Å²) in [6.07, 6.45) is 0.294. The van der Waals surface area contributed by atoms with Gasteiger partial charge in [-0.05, 0) is 26.3 Å². The van der Waals surface area contributed by atoms with Crippen LogP contribution in [0.2, 0.25) is 0 Å². The number of fused-ring (bicyclic) bond motifs is 2. The van der Waals surface area contributed by atoms with E-state index in [-0.39, 0.29) is 17.9 Å². The van der Waals surface area contributed by atoms with Crippen LogP contribution in [0.5, 0.6) is 0 Å². The van der Waals surface area contributed by atoms with Gasteiger partial charge in [-0.2, -0.15) is 0 Å². The quantitative estimate of drug-likeness (QED) is 0.846. The zero-order valence-electron chi connectivity index (χ0n) is 11.5. The van der Waals surface area contributed by atoms with Gasteiger partial charge in [-0.1, -0.05) is 6.92 Å². The Labute approximate surface area is 121 Å². The molecule has 2 saturated heterocycles. The van der Waals surface area contributed by atoms with E-state index >= 15 is 0 Å². The average molecular weight is 295 g/mol. The predicted octanol–water partition coefficient (Wildman–Crippen LogP) is 1.23. The van der Waals surface area contributed by atoms with Gasteiger partial charge in [0.2, 0.25) is 0 Å². The number of nitrogens with one attached hydrogen (secondary N) is 1. The molecule has 3 atom stereocenters. The van der Waals surface area contributed by atoms with Gasteiger partial charge in [0.05, 0.1) is 5.69 Å². The zero-order valence-corrected chi connectivity index (χ0v) is 12.3. The maximum Gasteiger partial charge on any atom is 0.264 e. The van der Waals surface area contributed by atoms with Gasteiger partial charge < -0.3 is 10.1 Å². The number of rotatable bonds is 4. The molecule has 108 valence electrons. The summed E-state index contributed by atoms with van der Waals surface area (Å²) in [5.74, 6) is -0.554. The van der Waals surface area contributed by atoms with E-state index in [1.807, 2.05) is 19.2 Å². The number of ether oxygens (including phenoxy) is 1. The van der Waals surface area contributed by atoms with Gasteiger partial charge in [0.25, 0.3) is 11.8 Å². The third-order valence-corrected chi connectivity index (χ3v) is 4.51. The number of carbonyl (C=O) groups is 2. The van der Waals surface area contributed by atoms with Crippen molar-refractivity contribution < 1.29 is 14.3 Å². The Morgan fingerprint density at radius 1 is 1.45 bits per heavy atom. The van der Waals surface area contributed by atoms with E-state index in [9.17, 15) is 9.59 Å². The Morgan fingerprint density at radius 3 is 2.70 bits per heavy atom. The smallest absolute Gasteiger partial charge is 0.264 e. The summed E-state index contributed by atoms with van der Waals surface area (Å²) in [4.78, 5) is 30.1. The van der Waals surface area contributed by atoms with Gasteiger partial charge in [0, 0.05) is 11.4 Å². The molecule has 0 saturated carbocycles. The molecular formula is C13H17N3O3S. The summed E-state index contributed by atoms with van der Waals surface area (Å²) >= 11 is 1.33. The highest BCUT2D eigenvalue weighted by Gasteiger charge is 2.48. The molecule has 3 unspecified atom stereocenters. The molecule has 2 amide bonds. The van der Waals surface area contributed by atoms with Crippen LogP contribution in [0.4, 0.5) is 5.13 Å². The standard InChI is InChI=1S/C13H17N3O3S/c1-3-14-7(2)8-6-20-13(15-8)16-11(17)9-4-5-10(19-9)12(16)18/h6-7,9-10,14H,3-5H2,1-2H3. The molecule has 0 aliphatic carbocycles. The highest BCUT2D eigenvalue weighted by molar-refractivity contribution is 7.14. The van der Waals surface area contributed by atoms with Crippen LogP contribution in [0.3, 0.4) is 0 Å². The fraction of sp³-hybridized carbons (Fsp3) is 0.615. The number of morpholine rings is 1. The molecule has 0 aromatic carbocycles. The lowest BCUT2D eigenvalue weighted by atomic mass is 10.2. The van der Waals surface area contributed by atoms with Crippen LogP contribution in [-0.4, -0.2) is 35.6 Å². The highest BCUT2D eigenvalue weighted by atomic mass is 32.1. The number of amides is 2. The maximum absolute atomic E-state index is 12.2. The van der Waals surface area contributed by atoms with Gasteiger partial charge >= 0.3 is 0 Å². The van der Waals surface area contributed by atoms with E-state index in [0.717, 1.165) is 12.2 Å². The zero-order chi connectivity index (χ0) is 14.3. The average Bonchev–Trinajstić information content (AvgIpc) is 3.06. The second-order valence-corrected chi connectivity index (χ2v) is 5.87. The number of imide groups is 1. The molecule has 20 heavy (non-hydrogen) atoms. The fourth-order valence-corrected chi connectivity index (χ4v) is 3.50. The van der Waals surface area contributed by atoms with Gasteiger partial charge in [-0.25, -0.2) is 9.88 Å². The molecule has 0 spiro atoms. The van der Waals surface area contributed by atoms with Crippen molar-refractivity contribution in [3.05, 3.63) is 11.1 Å². The number of hydrogen-bond acceptors (Lipinski definition) is 6. The predicted molar refractivity (Wildman–Crippen MR) is 74.6 cm³/mol. The first-order valence-corrected chi connectivity index (χ1v) is 7.72. The molecule has 3 heterocycles. The molecule has 2 aliphatic heterocycles. The van der Waals surface area contributed by atoms with Crippen LogP contribution in [0.25, 0.3) is 0 Å². The fourth-order valence-electron chi connectivity index (χ4n) is 2.57. The van der Waals surface area contributed by atoms with Crippen LogP contribution in [0, 0.1) is 0 Å². The number of hydrogen-bond donors (Lipinski definition) is 1. The minimum atomic E-state index is -0.476. The third kappa shape index (κ3) is 2.15. The number of thiazole rings is 1. The summed E-state index contributed by atoms with van der Waals surface area (Å²) in [6, 6.07) is 0.105. The molecule has 6 nitrogen and oxygen atoms in total. The molecular weight excluding hydrogens is 278 g/mol. The van der Waals surface area contributed by atoms with Crippen molar-refractivity contribution in [2.24, 2.45) is 0 Å². The van der Waals surface area contributed by atoms with Gasteiger partial charge in [-0.3, -0.25) is 9.59 Å². The molecule has 1 aromatic heterocycles. The van der Waals surface area contributed by atoms with E-state index in [1.165, 1.54) is 16.2 Å². The third-order valence-electron chi connectivity index (χ3n) is 3.67. The Hall–Kier alpha value is -1.31. The van der Waals surface area contributed by atoms with Crippen LogP contribution in [0.1, 0.15) is 38.4 Å². The van der Waals surface area contributed by atoms with Crippen LogP contribution < -0.4 is 10.2 Å². The largest absolute Gasteiger partial charge is 0.355 e. The maximum atomic E-state index is 12.2. The second kappa shape index (κ2) is 5.23. The van der Waals surface area contributed by atoms with Gasteiger partial charge in [-0.15, -0.1) is 11.3 Å². The monoisotopic (exact) mass is 295 g/mol. The van der Waals surface area contributed by atoms with Crippen molar-refractivity contribution >= 4 is 28.3 Å². The number of anilines is 1. The van der Waals surface area contributed by atoms with Crippen molar-refractivity contribution in [2.45, 2.75) is 44.9 Å². The molecule has 1 N–H and O–H groups in total. The normalized spacial score (nSPS) is 27.2. The number of nitrogens with zero attached hydrogens (tertiary/aromatic N) is 2. The lowest BCUT2D eigenvalue weighted by Crippen LogP contribution is -2.52. The first-order chi connectivity index (χ1) is 9.61. The minimum Gasteiger partial charge on any atom is -0.355 e. The van der Waals surface area contributed by atoms with Crippen molar-refractivity contribution in [1.82, 2.24) is 10.3 Å². The minimum absolute atomic E-state index is 0.105. The molecule has 3 rings (SSSR count). The Balaban J connectivity index is 1.85. The summed E-state index contributed by atoms with van der Waals surface area (Å²) in [6.45, 7) is 4.87. The molecule has 2 bridgehead atoms. The number of carbonyl (C=O) groups excluding carboxylic acids is 2. The van der Waals surface area contributed by atoms with E-state index in [4.69, 9.17) is 4.74 Å². The van der Waals surface area contributed by atoms with E-state index in [0.29, 0.717) is 18.0 Å². The summed E-state index contributed by atoms with van der Waals surface area (Å²) < 4.78 is 5.39. The highest BCUT2D eigenvalue weighted by Crippen LogP contribution is 2.33. The van der Waals surface area contributed by atoms with Crippen molar-refractivity contribution in [3.63, 3.8) is 0 Å². The van der Waals surface area contributed by atoms with Crippen LogP contribution in [-0.2, 0) is 14.3 Å². The van der Waals surface area contributed by atoms with Crippen molar-refractivity contribution in [2.75, 3.05) is 11.4 Å². The SMILES string of the molecule is CCNC(C)c1csc(N2C(=O)C3CCC(O3)C2=O)n1. The molecule has 1 aromatic rings. The van der Waals surface area contributed by atoms with Crippen LogP contribution >= 0.6 is 11.3 Å². The summed E-state index contributed by atoms with van der Waals surface area (Å²) in [7, 11) is 0. The van der Waals surface area contributed by atoms with E-state index < -0.39 is 12.2 Å². The van der Waals surface area contributed by atoms with Gasteiger partial charge in [0.15, 0.2) is 5.13 Å². The Morgan fingerprint density at radius 2 is 2.10 bits per heavy atom. The molecule has 0 radical (unpaired) electrons. The molecule has 7 heteroatoms. The van der Waals surface area contributed by atoms with E-state index in [1.54, 1.807) is 0 Å². The lowest BCUT2D eigenvalue weighted by Gasteiger charge is -2.27. The first kappa shape index (κ1) is 13.7. The second-order valence-electron chi connectivity index (χ2n) is 5.04. The first-order valence-electron chi connectivity index (χ1n) is 6.84. The molecule has 2 aliphatic rings. The summed E-state index contributed by atoms with van der Waals surface area (Å²) in [5, 5.41) is 5.61. The van der Waals surface area contributed by atoms with Crippen LogP contribution in [0.15, 0.2) is 5.38 Å². The molecule has 2 fully saturated rings. The Kier molecular flexibility index (Phi) is 3.57. The topological polar surface area (TPSA) is 71.5 Å². The van der Waals surface area contributed by atoms with Crippen molar-refractivity contribution in [1.29, 1.82) is 0 Å². The Bertz CT molecular complexity index is 523. The van der Waals surface area contributed by atoms with Crippen molar-refractivity contribution in [3.8, 4) is 0 Å². The van der Waals surface area contributed by atoms with E-state index in [2.05, 4.69) is 10.3 Å². The lowest BCUT2D eigenvalue weighted by molar-refractivity contribution is -0.146.